The molecule has 0 rings (SSSR count). The third-order valence-corrected chi connectivity index (χ3v) is 18.5. The number of carbonyl (C=O) groups is 2. The molecule has 2 unspecified atom stereocenters. The van der Waals surface area contributed by atoms with Crippen LogP contribution in [0, 0.1) is 0 Å². The largest absolute Gasteiger partial charge is 0.472 e. The molecule has 1 N–H and O–H groups in total. The van der Waals surface area contributed by atoms with Crippen LogP contribution in [0.4, 0.5) is 0 Å². The van der Waals surface area contributed by atoms with E-state index in [9.17, 15) is 19.0 Å². The maximum atomic E-state index is 12.9. The zero-order valence-corrected chi connectivity index (χ0v) is 58.8. The monoisotopic (exact) mass is 1220 g/mol. The Morgan fingerprint density at radius 3 is 0.871 bits per heavy atom. The molecular formula is C75H149NO8P+. The first-order valence-electron chi connectivity index (χ1n) is 37.9. The van der Waals surface area contributed by atoms with Crippen LogP contribution in [0.5, 0.6) is 0 Å². The Bertz CT molecular complexity index is 1440. The van der Waals surface area contributed by atoms with Crippen molar-refractivity contribution in [3.63, 3.8) is 0 Å². The van der Waals surface area contributed by atoms with Crippen molar-refractivity contribution in [2.45, 2.75) is 412 Å². The molecule has 0 radical (unpaired) electrons. The van der Waals surface area contributed by atoms with Crippen LogP contribution in [0.1, 0.15) is 406 Å². The smallest absolute Gasteiger partial charge is 0.462 e. The minimum absolute atomic E-state index is 0.0364. The number of rotatable bonds is 72. The summed E-state index contributed by atoms with van der Waals surface area (Å²) in [6.45, 7) is 4.53. The van der Waals surface area contributed by atoms with Gasteiger partial charge in [0.25, 0.3) is 0 Å². The average Bonchev–Trinajstić information content (AvgIpc) is 3.52. The van der Waals surface area contributed by atoms with Crippen LogP contribution in [0.15, 0.2) is 12.2 Å². The summed E-state index contributed by atoms with van der Waals surface area (Å²) in [5.74, 6) is -0.770. The molecule has 506 valence electrons. The molecule has 0 fully saturated rings. The van der Waals surface area contributed by atoms with Gasteiger partial charge in [0.15, 0.2) is 6.10 Å². The Hall–Kier alpha value is -1.25. The van der Waals surface area contributed by atoms with E-state index in [0.29, 0.717) is 23.9 Å². The van der Waals surface area contributed by atoms with Crippen LogP contribution < -0.4 is 0 Å². The van der Waals surface area contributed by atoms with Crippen molar-refractivity contribution in [3.8, 4) is 0 Å². The van der Waals surface area contributed by atoms with E-state index in [4.69, 9.17) is 18.5 Å². The Kier molecular flexibility index (Phi) is 66.2. The molecule has 0 aromatic rings. The lowest BCUT2D eigenvalue weighted by Gasteiger charge is -2.24. The summed E-state index contributed by atoms with van der Waals surface area (Å²) >= 11 is 0. The van der Waals surface area contributed by atoms with Gasteiger partial charge in [0.05, 0.1) is 27.7 Å². The van der Waals surface area contributed by atoms with Crippen LogP contribution >= 0.6 is 7.82 Å². The van der Waals surface area contributed by atoms with E-state index >= 15 is 0 Å². The number of ether oxygens (including phenoxy) is 2. The lowest BCUT2D eigenvalue weighted by atomic mass is 10.0. The Balaban J connectivity index is 3.92. The number of esters is 2. The Morgan fingerprint density at radius 2 is 0.600 bits per heavy atom. The molecule has 0 saturated carbocycles. The molecule has 10 heteroatoms. The molecule has 0 saturated heterocycles. The highest BCUT2D eigenvalue weighted by molar-refractivity contribution is 7.47. The fraction of sp³-hybridized carbons (Fsp3) is 0.947. The van der Waals surface area contributed by atoms with Crippen molar-refractivity contribution in [1.29, 1.82) is 0 Å². The van der Waals surface area contributed by atoms with Gasteiger partial charge in [-0.3, -0.25) is 18.6 Å². The first kappa shape index (κ1) is 83.8. The van der Waals surface area contributed by atoms with E-state index in [1.165, 1.54) is 340 Å². The number of unbranched alkanes of at least 4 members (excludes halogenated alkanes) is 56. The van der Waals surface area contributed by atoms with Gasteiger partial charge < -0.3 is 18.9 Å². The second kappa shape index (κ2) is 67.2. The van der Waals surface area contributed by atoms with Crippen molar-refractivity contribution in [1.82, 2.24) is 0 Å². The van der Waals surface area contributed by atoms with Gasteiger partial charge in [-0.05, 0) is 38.5 Å². The number of phosphoric ester groups is 1. The Labute approximate surface area is 530 Å². The topological polar surface area (TPSA) is 108 Å². The molecule has 0 aliphatic carbocycles. The predicted octanol–water partition coefficient (Wildman–Crippen LogP) is 24.7. The minimum atomic E-state index is -4.39. The van der Waals surface area contributed by atoms with Crippen LogP contribution in [-0.4, -0.2) is 74.9 Å². The summed E-state index contributed by atoms with van der Waals surface area (Å²) in [6, 6.07) is 0. The van der Waals surface area contributed by atoms with Crippen molar-refractivity contribution in [3.05, 3.63) is 12.2 Å². The number of likely N-dealkylation sites (N-methyl/N-ethyl adjacent to an activating group) is 1. The molecule has 0 aliphatic heterocycles. The Morgan fingerprint density at radius 1 is 0.353 bits per heavy atom. The number of carbonyl (C=O) groups excluding carboxylic acids is 2. The van der Waals surface area contributed by atoms with Gasteiger partial charge in [0.2, 0.25) is 0 Å². The minimum Gasteiger partial charge on any atom is -0.462 e. The van der Waals surface area contributed by atoms with Crippen molar-refractivity contribution in [2.24, 2.45) is 0 Å². The summed E-state index contributed by atoms with van der Waals surface area (Å²) in [6.07, 6.45) is 83.5. The van der Waals surface area contributed by atoms with Gasteiger partial charge in [0.1, 0.15) is 19.8 Å². The second-order valence-electron chi connectivity index (χ2n) is 27.4. The molecule has 0 spiro atoms. The van der Waals surface area contributed by atoms with E-state index in [1.54, 1.807) is 0 Å². The summed E-state index contributed by atoms with van der Waals surface area (Å²) < 4.78 is 34.8. The van der Waals surface area contributed by atoms with E-state index in [-0.39, 0.29) is 25.6 Å². The van der Waals surface area contributed by atoms with Crippen LogP contribution in [-0.2, 0) is 32.7 Å². The highest BCUT2D eigenvalue weighted by atomic mass is 31.2. The normalized spacial score (nSPS) is 13.1. The first-order valence-corrected chi connectivity index (χ1v) is 39.4. The summed E-state index contributed by atoms with van der Waals surface area (Å²) in [5.41, 5.74) is 0. The number of hydrogen-bond acceptors (Lipinski definition) is 7. The van der Waals surface area contributed by atoms with Crippen LogP contribution in [0.3, 0.4) is 0 Å². The summed E-state index contributed by atoms with van der Waals surface area (Å²) in [5, 5.41) is 0. The van der Waals surface area contributed by atoms with Gasteiger partial charge in [-0.15, -0.1) is 0 Å². The number of nitrogens with zero attached hydrogens (tertiary/aromatic N) is 1. The maximum absolute atomic E-state index is 12.9. The lowest BCUT2D eigenvalue weighted by Crippen LogP contribution is -2.37. The molecule has 0 heterocycles. The van der Waals surface area contributed by atoms with Crippen molar-refractivity contribution in [2.75, 3.05) is 47.5 Å². The van der Waals surface area contributed by atoms with E-state index in [1.807, 2.05) is 21.1 Å². The number of phosphoric acid groups is 1. The fourth-order valence-electron chi connectivity index (χ4n) is 11.7. The van der Waals surface area contributed by atoms with Gasteiger partial charge >= 0.3 is 19.8 Å². The molecule has 0 amide bonds. The molecule has 85 heavy (non-hydrogen) atoms. The van der Waals surface area contributed by atoms with Crippen LogP contribution in [0.25, 0.3) is 0 Å². The number of quaternary nitrogens is 1. The van der Waals surface area contributed by atoms with Gasteiger partial charge in [-0.25, -0.2) is 4.57 Å². The predicted molar refractivity (Wildman–Crippen MR) is 368 cm³/mol. The van der Waals surface area contributed by atoms with Crippen molar-refractivity contribution >= 4 is 19.8 Å². The molecule has 2 atom stereocenters. The SMILES string of the molecule is CCCCCCCCCC/C=C\CCCCCCCCCCCCCCCCCC(=O)OC(COC(=O)CCCCCCCCCCCCCCCCCCCCCCCCCCCCCCCCCCCC)COP(=O)(O)OCC[N+](C)(C)C. The number of allylic oxidation sites excluding steroid dienone is 2. The molecule has 0 aliphatic rings. The summed E-state index contributed by atoms with van der Waals surface area (Å²) in [4.78, 5) is 35.9. The summed E-state index contributed by atoms with van der Waals surface area (Å²) in [7, 11) is 1.50. The third-order valence-electron chi connectivity index (χ3n) is 17.5. The fourth-order valence-corrected chi connectivity index (χ4v) is 12.5. The molecular weight excluding hydrogens is 1070 g/mol. The quantitative estimate of drug-likeness (QED) is 0.0211. The van der Waals surface area contributed by atoms with E-state index < -0.39 is 26.5 Å². The third kappa shape index (κ3) is 71.7. The zero-order chi connectivity index (χ0) is 61.9. The lowest BCUT2D eigenvalue weighted by molar-refractivity contribution is -0.870. The number of hydrogen-bond donors (Lipinski definition) is 1. The standard InChI is InChI=1S/C75H148NO8P/c1-6-8-10-12-14-16-18-20-22-24-26-28-30-32-34-35-36-37-38-39-40-42-43-45-47-49-51-53-55-57-59-61-63-65-67-74(77)81-71-73(72-83-85(79,80)82-70-69-76(3,4)5)84-75(78)68-66-64-62-60-58-56-54-52-50-48-46-44-41-33-31-29-27-25-23-21-19-17-15-13-11-9-7-2/h25,27,73H,6-24,26,28-72H2,1-5H3/p+1/b27-25-. The maximum Gasteiger partial charge on any atom is 0.472 e. The van der Waals surface area contributed by atoms with Crippen LogP contribution in [0.2, 0.25) is 0 Å². The van der Waals surface area contributed by atoms with Gasteiger partial charge in [-0.2, -0.15) is 0 Å². The van der Waals surface area contributed by atoms with Gasteiger partial charge in [-0.1, -0.05) is 366 Å². The molecule has 9 nitrogen and oxygen atoms in total. The first-order chi connectivity index (χ1) is 41.5. The van der Waals surface area contributed by atoms with Crippen molar-refractivity contribution < 1.29 is 42.1 Å². The average molecular weight is 1220 g/mol. The van der Waals surface area contributed by atoms with E-state index in [0.717, 1.165) is 32.1 Å². The second-order valence-corrected chi connectivity index (χ2v) is 28.9. The highest BCUT2D eigenvalue weighted by Gasteiger charge is 2.27. The molecule has 0 aromatic heterocycles. The zero-order valence-electron chi connectivity index (χ0n) is 57.9. The van der Waals surface area contributed by atoms with Gasteiger partial charge in [0, 0.05) is 12.8 Å². The molecule has 0 bridgehead atoms. The highest BCUT2D eigenvalue weighted by Crippen LogP contribution is 2.43. The van der Waals surface area contributed by atoms with E-state index in [2.05, 4.69) is 26.0 Å². The molecule has 0 aromatic carbocycles.